The first-order chi connectivity index (χ1) is 27.9. The molecule has 0 spiro atoms. The van der Waals surface area contributed by atoms with Crippen LogP contribution in [-0.2, 0) is 49.3 Å². The largest absolute Gasteiger partial charge is 0.481 e. The van der Waals surface area contributed by atoms with Gasteiger partial charge in [-0.1, -0.05) is 48.1 Å². The molecule has 57 heavy (non-hydrogen) atoms. The fourth-order valence-electron chi connectivity index (χ4n) is 5.40. The molecule has 0 bridgehead atoms. The first kappa shape index (κ1) is 44.0. The van der Waals surface area contributed by atoms with E-state index in [9.17, 15) is 19.2 Å². The van der Waals surface area contributed by atoms with E-state index in [1.807, 2.05) is 48.5 Å². The van der Waals surface area contributed by atoms with E-state index in [0.717, 1.165) is 22.4 Å². The molecule has 3 aromatic rings. The number of para-hydroxylation sites is 1. The van der Waals surface area contributed by atoms with Gasteiger partial charge in [0.05, 0.1) is 97.4 Å². The van der Waals surface area contributed by atoms with E-state index in [4.69, 9.17) is 39.6 Å². The van der Waals surface area contributed by atoms with E-state index in [-0.39, 0.29) is 55.8 Å². The molecule has 4 rings (SSSR count). The van der Waals surface area contributed by atoms with Gasteiger partial charge in [0.1, 0.15) is 12.4 Å². The van der Waals surface area contributed by atoms with Gasteiger partial charge in [0.15, 0.2) is 0 Å². The number of rotatable bonds is 25. The van der Waals surface area contributed by atoms with Gasteiger partial charge >= 0.3 is 5.97 Å². The smallest absolute Gasteiger partial charge is 0.338 e. The number of hydrogen-bond donors (Lipinski definition) is 2. The fourth-order valence-corrected chi connectivity index (χ4v) is 5.40. The lowest BCUT2D eigenvalue weighted by atomic mass is 10.0. The third kappa shape index (κ3) is 16.1. The van der Waals surface area contributed by atoms with Crippen LogP contribution in [0.5, 0.6) is 5.75 Å². The molecule has 0 unspecified atom stereocenters. The zero-order chi connectivity index (χ0) is 40.5. The molecule has 1 aliphatic heterocycles. The molecule has 0 saturated heterocycles. The zero-order valence-corrected chi connectivity index (χ0v) is 32.2. The molecule has 0 radical (unpaired) electrons. The Morgan fingerprint density at radius 1 is 0.719 bits per heavy atom. The summed E-state index contributed by atoms with van der Waals surface area (Å²) < 4.78 is 37.6. The SMILES string of the molecule is C#CCOc1cc(NC(=O)CCOCCOCCOCCOCCOCCNC(=O)CCC(=O)N2Cc3ccccc3C#Cc3ccccc32)cc(C(=O)OC)c1. The van der Waals surface area contributed by atoms with Crippen LogP contribution in [0.2, 0.25) is 0 Å². The van der Waals surface area contributed by atoms with Gasteiger partial charge in [0, 0.05) is 42.3 Å². The number of ether oxygens (including phenoxy) is 7. The van der Waals surface area contributed by atoms with Crippen LogP contribution < -0.4 is 20.3 Å². The highest BCUT2D eigenvalue weighted by atomic mass is 16.6. The molecular weight excluding hydrogens is 734 g/mol. The minimum Gasteiger partial charge on any atom is -0.481 e. The molecule has 0 aromatic heterocycles. The van der Waals surface area contributed by atoms with Gasteiger partial charge in [-0.3, -0.25) is 14.4 Å². The van der Waals surface area contributed by atoms with Gasteiger partial charge in [-0.15, -0.1) is 6.42 Å². The molecule has 0 aliphatic carbocycles. The molecule has 0 atom stereocenters. The van der Waals surface area contributed by atoms with Gasteiger partial charge in [0.2, 0.25) is 17.7 Å². The highest BCUT2D eigenvalue weighted by Crippen LogP contribution is 2.26. The third-order valence-electron chi connectivity index (χ3n) is 8.20. The maximum absolute atomic E-state index is 13.3. The van der Waals surface area contributed by atoms with Crippen LogP contribution in [0.25, 0.3) is 0 Å². The molecule has 14 nitrogen and oxygen atoms in total. The lowest BCUT2D eigenvalue weighted by Crippen LogP contribution is -2.34. The number of methoxy groups -OCH3 is 1. The minimum absolute atomic E-state index is 0.00978. The van der Waals surface area contributed by atoms with E-state index >= 15 is 0 Å². The van der Waals surface area contributed by atoms with Crippen molar-refractivity contribution in [2.45, 2.75) is 25.8 Å². The van der Waals surface area contributed by atoms with Crippen LogP contribution in [-0.4, -0.2) is 110 Å². The van der Waals surface area contributed by atoms with E-state index in [0.29, 0.717) is 84.0 Å². The van der Waals surface area contributed by atoms with Gasteiger partial charge in [0.25, 0.3) is 0 Å². The number of nitrogens with zero attached hydrogens (tertiary/aromatic N) is 1. The summed E-state index contributed by atoms with van der Waals surface area (Å²) in [5.74, 6) is 7.82. The van der Waals surface area contributed by atoms with E-state index in [1.165, 1.54) is 19.2 Å². The summed E-state index contributed by atoms with van der Waals surface area (Å²) in [6.45, 7) is 4.17. The van der Waals surface area contributed by atoms with Crippen LogP contribution in [0.1, 0.15) is 46.3 Å². The number of terminal acetylenes is 1. The summed E-state index contributed by atoms with van der Waals surface area (Å²) >= 11 is 0. The summed E-state index contributed by atoms with van der Waals surface area (Å²) in [5.41, 5.74) is 3.94. The quantitative estimate of drug-likeness (QED) is 0.0733. The second-order valence-corrected chi connectivity index (χ2v) is 12.3. The molecule has 14 heteroatoms. The third-order valence-corrected chi connectivity index (χ3v) is 8.20. The van der Waals surface area contributed by atoms with Gasteiger partial charge in [-0.05, 0) is 35.9 Å². The number of amides is 3. The number of benzene rings is 3. The molecule has 0 saturated carbocycles. The van der Waals surface area contributed by atoms with Crippen molar-refractivity contribution in [3.05, 3.63) is 89.0 Å². The predicted molar refractivity (Wildman–Crippen MR) is 212 cm³/mol. The van der Waals surface area contributed by atoms with Crippen molar-refractivity contribution in [1.29, 1.82) is 0 Å². The number of carbonyl (C=O) groups is 4. The number of hydrogen-bond acceptors (Lipinski definition) is 11. The van der Waals surface area contributed by atoms with E-state index < -0.39 is 5.97 Å². The normalized spacial score (nSPS) is 11.4. The highest BCUT2D eigenvalue weighted by molar-refractivity contribution is 5.97. The standard InChI is InChI=1S/C43H49N3O11/c1-3-18-57-38-30-36(43(50)51-2)29-37(31-38)45-41(48)16-19-52-21-23-54-25-27-56-28-26-55-24-22-53-20-17-44-40(47)14-15-42(49)46-32-35-10-5-4-8-33(35)12-13-34-9-6-7-11-39(34)46/h1,4-11,29-31H,14-28,32H2,2H3,(H,44,47)(H,45,48). The van der Waals surface area contributed by atoms with Crippen molar-refractivity contribution in [3.8, 4) is 29.9 Å². The van der Waals surface area contributed by atoms with Crippen molar-refractivity contribution < 1.29 is 52.3 Å². The highest BCUT2D eigenvalue weighted by Gasteiger charge is 2.22. The second-order valence-electron chi connectivity index (χ2n) is 12.3. The molecule has 3 amide bonds. The Balaban J connectivity index is 0.938. The molecule has 302 valence electrons. The maximum atomic E-state index is 13.3. The van der Waals surface area contributed by atoms with Gasteiger partial charge in [-0.2, -0.15) is 0 Å². The van der Waals surface area contributed by atoms with Gasteiger partial charge in [-0.25, -0.2) is 4.79 Å². The minimum atomic E-state index is -0.573. The van der Waals surface area contributed by atoms with Gasteiger partial charge < -0.3 is 48.7 Å². The zero-order valence-electron chi connectivity index (χ0n) is 32.2. The summed E-state index contributed by atoms with van der Waals surface area (Å²) in [5, 5.41) is 5.51. The predicted octanol–water partition coefficient (Wildman–Crippen LogP) is 3.74. The maximum Gasteiger partial charge on any atom is 0.338 e. The summed E-state index contributed by atoms with van der Waals surface area (Å²) in [7, 11) is 1.26. The fraction of sp³-hybridized carbons (Fsp3) is 0.395. The average molecular weight is 784 g/mol. The average Bonchev–Trinajstić information content (AvgIpc) is 3.22. The van der Waals surface area contributed by atoms with Crippen LogP contribution in [0.15, 0.2) is 66.7 Å². The van der Waals surface area contributed by atoms with Crippen molar-refractivity contribution in [2.24, 2.45) is 0 Å². The Bertz CT molecular complexity index is 1880. The van der Waals surface area contributed by atoms with Crippen LogP contribution in [0, 0.1) is 24.2 Å². The number of esters is 1. The van der Waals surface area contributed by atoms with Crippen LogP contribution >= 0.6 is 0 Å². The molecule has 3 aromatic carbocycles. The second kappa shape index (κ2) is 25.4. The van der Waals surface area contributed by atoms with Crippen LogP contribution in [0.3, 0.4) is 0 Å². The van der Waals surface area contributed by atoms with Crippen LogP contribution in [0.4, 0.5) is 11.4 Å². The molecule has 1 heterocycles. The Hall–Kier alpha value is -5.74. The Morgan fingerprint density at radius 2 is 1.33 bits per heavy atom. The van der Waals surface area contributed by atoms with E-state index in [2.05, 4.69) is 28.4 Å². The molecule has 0 fully saturated rings. The summed E-state index contributed by atoms with van der Waals surface area (Å²) in [6.07, 6.45) is 5.47. The van der Waals surface area contributed by atoms with Crippen molar-refractivity contribution in [2.75, 3.05) is 96.5 Å². The Labute approximate surface area is 333 Å². The number of carbonyl (C=O) groups excluding carboxylic acids is 4. The number of anilines is 2. The lowest BCUT2D eigenvalue weighted by Gasteiger charge is -2.26. The monoisotopic (exact) mass is 783 g/mol. The Kier molecular flexibility index (Phi) is 19.6. The lowest BCUT2D eigenvalue weighted by molar-refractivity contribution is -0.125. The molecular formula is C43H49N3O11. The molecule has 1 aliphatic rings. The van der Waals surface area contributed by atoms with E-state index in [1.54, 1.807) is 11.0 Å². The summed E-state index contributed by atoms with van der Waals surface area (Å²) in [4.78, 5) is 51.7. The first-order valence-electron chi connectivity index (χ1n) is 18.6. The first-order valence-corrected chi connectivity index (χ1v) is 18.6. The molecule has 2 N–H and O–H groups in total. The topological polar surface area (TPSA) is 160 Å². The van der Waals surface area contributed by atoms with Crippen molar-refractivity contribution in [1.82, 2.24) is 5.32 Å². The summed E-state index contributed by atoms with van der Waals surface area (Å²) in [6, 6.07) is 19.8. The number of nitrogens with one attached hydrogen (secondary N) is 2. The number of fused-ring (bicyclic) bond motifs is 2. The Morgan fingerprint density at radius 3 is 2.02 bits per heavy atom. The van der Waals surface area contributed by atoms with Crippen molar-refractivity contribution >= 4 is 35.1 Å². The van der Waals surface area contributed by atoms with Crippen molar-refractivity contribution in [3.63, 3.8) is 0 Å².